The first-order valence-corrected chi connectivity index (χ1v) is 17.4. The molecule has 0 aromatic heterocycles. The molecule has 0 heterocycles. The second kappa shape index (κ2) is 19.6. The van der Waals surface area contributed by atoms with E-state index in [1.165, 1.54) is 14.2 Å². The van der Waals surface area contributed by atoms with Crippen molar-refractivity contribution >= 4 is 47.4 Å². The SMILES string of the molecule is COC(=O)C1CC(=O)CCC(C(=O)OC)(C(=O)OC)Cc2ccc(cc2)CC(C(=O)OC)CC(=O)CCC(C(=O)OC)(C(=O)OC)Cc2ccc(cc2)C1. The lowest BCUT2D eigenvalue weighted by Crippen LogP contribution is -2.43. The highest BCUT2D eigenvalue weighted by molar-refractivity contribution is 6.01. The molecule has 0 N–H and O–H groups in total. The molecule has 0 spiro atoms. The third-order valence-corrected chi connectivity index (χ3v) is 10.0. The van der Waals surface area contributed by atoms with Gasteiger partial charge in [-0.2, -0.15) is 0 Å². The van der Waals surface area contributed by atoms with Crippen molar-refractivity contribution in [2.75, 3.05) is 42.7 Å². The molecule has 0 saturated heterocycles. The zero-order valence-electron chi connectivity index (χ0n) is 31.6. The molecule has 2 aromatic carbocycles. The zero-order chi connectivity index (χ0) is 40.1. The number of rotatable bonds is 6. The fourth-order valence-electron chi connectivity index (χ4n) is 6.94. The first-order valence-electron chi connectivity index (χ1n) is 17.4. The van der Waals surface area contributed by atoms with Gasteiger partial charge in [-0.15, -0.1) is 0 Å². The highest BCUT2D eigenvalue weighted by atomic mass is 16.6. The molecule has 54 heavy (non-hydrogen) atoms. The van der Waals surface area contributed by atoms with Crippen LogP contribution in [0.2, 0.25) is 0 Å². The molecule has 14 heteroatoms. The standard InChI is InChI=1S/C40H48O14/c1-49-33(43)29-19-25-7-11-27(12-8-25)23-40(37(47)53-5,38(48)54-6)18-16-32(42)22-30(34(44)50-2)20-26-9-13-28(14-10-26)24-39(35(45)51-3,36(46)52-4)17-15-31(41)21-29/h7-14,29-30H,15-24H2,1-6H3. The van der Waals surface area contributed by atoms with E-state index in [1.54, 1.807) is 48.5 Å². The van der Waals surface area contributed by atoms with E-state index in [0.29, 0.717) is 22.3 Å². The van der Waals surface area contributed by atoms with Crippen LogP contribution in [0.3, 0.4) is 0 Å². The molecule has 2 atom stereocenters. The smallest absolute Gasteiger partial charge is 0.323 e. The Bertz CT molecular complexity index is 1530. The second-order valence-electron chi connectivity index (χ2n) is 13.5. The predicted molar refractivity (Wildman–Crippen MR) is 189 cm³/mol. The zero-order valence-corrected chi connectivity index (χ0v) is 31.6. The topological polar surface area (TPSA) is 192 Å². The van der Waals surface area contributed by atoms with Crippen LogP contribution in [-0.2, 0) is 92.5 Å². The monoisotopic (exact) mass is 752 g/mol. The molecular weight excluding hydrogens is 704 g/mol. The van der Waals surface area contributed by atoms with Crippen molar-refractivity contribution in [2.24, 2.45) is 22.7 Å². The van der Waals surface area contributed by atoms with Crippen molar-refractivity contribution < 1.29 is 66.8 Å². The Balaban J connectivity index is 2.12. The molecule has 0 radical (unpaired) electrons. The molecule has 0 aliphatic heterocycles. The summed E-state index contributed by atoms with van der Waals surface area (Å²) in [6, 6.07) is 13.3. The van der Waals surface area contributed by atoms with Gasteiger partial charge in [-0.05, 0) is 60.8 Å². The van der Waals surface area contributed by atoms with Gasteiger partial charge < -0.3 is 28.4 Å². The average Bonchev–Trinajstić information content (AvgIpc) is 3.19. The van der Waals surface area contributed by atoms with Crippen molar-refractivity contribution in [3.8, 4) is 0 Å². The van der Waals surface area contributed by atoms with Crippen LogP contribution in [0.4, 0.5) is 0 Å². The third-order valence-electron chi connectivity index (χ3n) is 10.0. The first-order chi connectivity index (χ1) is 25.7. The fraction of sp³-hybridized carbons (Fsp3) is 0.500. The molecule has 2 unspecified atom stereocenters. The van der Waals surface area contributed by atoms with Crippen LogP contribution in [-0.4, -0.2) is 90.0 Å². The normalized spacial score (nSPS) is 19.4. The van der Waals surface area contributed by atoms with E-state index in [0.717, 1.165) is 28.4 Å². The van der Waals surface area contributed by atoms with Crippen LogP contribution < -0.4 is 0 Å². The number of Topliss-reactive ketones (excluding diaryl/α,β-unsaturated/α-hetero) is 2. The number of esters is 6. The molecule has 0 saturated carbocycles. The van der Waals surface area contributed by atoms with E-state index >= 15 is 0 Å². The summed E-state index contributed by atoms with van der Waals surface area (Å²) in [4.78, 5) is 106. The highest BCUT2D eigenvalue weighted by Crippen LogP contribution is 2.35. The van der Waals surface area contributed by atoms with E-state index in [4.69, 9.17) is 28.4 Å². The van der Waals surface area contributed by atoms with E-state index in [9.17, 15) is 38.4 Å². The molecule has 6 rings (SSSR count). The van der Waals surface area contributed by atoms with Crippen LogP contribution in [0.15, 0.2) is 48.5 Å². The van der Waals surface area contributed by atoms with E-state index in [1.807, 2.05) is 0 Å². The number of hydrogen-bond acceptors (Lipinski definition) is 14. The van der Waals surface area contributed by atoms with E-state index in [2.05, 4.69) is 0 Å². The largest absolute Gasteiger partial charge is 0.469 e. The maximum atomic E-state index is 13.4. The van der Waals surface area contributed by atoms with Gasteiger partial charge in [0.15, 0.2) is 10.8 Å². The molecular formula is C40H48O14. The van der Waals surface area contributed by atoms with Crippen molar-refractivity contribution in [3.63, 3.8) is 0 Å². The lowest BCUT2D eigenvalue weighted by atomic mass is 9.76. The summed E-state index contributed by atoms with van der Waals surface area (Å²) in [5.74, 6) is -7.53. The molecule has 0 amide bonds. The number of methoxy groups -OCH3 is 6. The fourth-order valence-corrected chi connectivity index (χ4v) is 6.94. The Kier molecular flexibility index (Phi) is 15.6. The molecule has 0 fully saturated rings. The number of carbonyl (C=O) groups is 8. The van der Waals surface area contributed by atoms with Crippen LogP contribution in [0, 0.1) is 22.7 Å². The molecule has 14 nitrogen and oxygen atoms in total. The van der Waals surface area contributed by atoms with Crippen molar-refractivity contribution in [3.05, 3.63) is 70.8 Å². The number of carbonyl (C=O) groups excluding carboxylic acids is 8. The van der Waals surface area contributed by atoms with Gasteiger partial charge in [0.25, 0.3) is 0 Å². The lowest BCUT2D eigenvalue weighted by Gasteiger charge is -2.29. The quantitative estimate of drug-likeness (QED) is 0.237. The van der Waals surface area contributed by atoms with Gasteiger partial charge in [0, 0.05) is 25.7 Å². The third kappa shape index (κ3) is 10.4. The molecule has 292 valence electrons. The summed E-state index contributed by atoms with van der Waals surface area (Å²) in [7, 11) is 6.91. The van der Waals surface area contributed by atoms with Crippen LogP contribution in [0.25, 0.3) is 0 Å². The molecule has 2 aromatic rings. The minimum Gasteiger partial charge on any atom is -0.469 e. The lowest BCUT2D eigenvalue weighted by molar-refractivity contribution is -0.171. The summed E-state index contributed by atoms with van der Waals surface area (Å²) < 4.78 is 30.1. The van der Waals surface area contributed by atoms with Crippen molar-refractivity contribution in [1.29, 1.82) is 0 Å². The van der Waals surface area contributed by atoms with E-state index < -0.39 is 70.0 Å². The molecule has 4 aliphatic carbocycles. The van der Waals surface area contributed by atoms with Crippen LogP contribution in [0.5, 0.6) is 0 Å². The number of hydrogen-bond donors (Lipinski definition) is 0. The van der Waals surface area contributed by atoms with Gasteiger partial charge in [0.2, 0.25) is 0 Å². The summed E-state index contributed by atoms with van der Waals surface area (Å²) in [6.07, 6.45) is -1.82. The van der Waals surface area contributed by atoms with Gasteiger partial charge in [-0.25, -0.2) is 0 Å². The van der Waals surface area contributed by atoms with Gasteiger partial charge >= 0.3 is 35.8 Å². The Morgan fingerprint density at radius 2 is 0.722 bits per heavy atom. The average molecular weight is 753 g/mol. The molecule has 4 bridgehead atoms. The summed E-state index contributed by atoms with van der Waals surface area (Å²) in [5, 5.41) is 0. The summed E-state index contributed by atoms with van der Waals surface area (Å²) >= 11 is 0. The number of ketones is 2. The Morgan fingerprint density at radius 1 is 0.444 bits per heavy atom. The second-order valence-corrected chi connectivity index (χ2v) is 13.5. The van der Waals surface area contributed by atoms with Crippen LogP contribution >= 0.6 is 0 Å². The van der Waals surface area contributed by atoms with Crippen molar-refractivity contribution in [1.82, 2.24) is 0 Å². The van der Waals surface area contributed by atoms with Gasteiger partial charge in [-0.3, -0.25) is 38.4 Å². The van der Waals surface area contributed by atoms with Crippen LogP contribution in [0.1, 0.15) is 60.8 Å². The Labute approximate surface area is 314 Å². The van der Waals surface area contributed by atoms with Gasteiger partial charge in [0.1, 0.15) is 11.6 Å². The predicted octanol–water partition coefficient (Wildman–Crippen LogP) is 3.29. The maximum Gasteiger partial charge on any atom is 0.323 e. The first kappa shape index (κ1) is 43.0. The van der Waals surface area contributed by atoms with Crippen molar-refractivity contribution in [2.45, 2.75) is 64.2 Å². The number of benzene rings is 2. The Morgan fingerprint density at radius 3 is 0.981 bits per heavy atom. The minimum absolute atomic E-state index is 0.0825. The summed E-state index contributed by atoms with van der Waals surface area (Å²) in [6.45, 7) is 0. The Hall–Kier alpha value is -5.40. The molecule has 4 aliphatic rings. The number of ether oxygens (including phenoxy) is 6. The highest BCUT2D eigenvalue weighted by Gasteiger charge is 2.50. The minimum atomic E-state index is -1.89. The summed E-state index contributed by atoms with van der Waals surface area (Å²) in [5.41, 5.74) is -1.50. The maximum absolute atomic E-state index is 13.4. The van der Waals surface area contributed by atoms with E-state index in [-0.39, 0.29) is 64.2 Å². The van der Waals surface area contributed by atoms with Gasteiger partial charge in [-0.1, -0.05) is 48.5 Å². The van der Waals surface area contributed by atoms with Gasteiger partial charge in [0.05, 0.1) is 54.5 Å².